The van der Waals surface area contributed by atoms with E-state index < -0.39 is 35.9 Å². The molecule has 1 aromatic rings. The summed E-state index contributed by atoms with van der Waals surface area (Å²) in [5.74, 6) is -2.24. The van der Waals surface area contributed by atoms with E-state index in [9.17, 15) is 24.3 Å². The molecular formula is C20H27N3O5. The molecule has 3 unspecified atom stereocenters. The highest BCUT2D eigenvalue weighted by Crippen LogP contribution is 2.10. The van der Waals surface area contributed by atoms with E-state index in [1.807, 2.05) is 44.2 Å². The van der Waals surface area contributed by atoms with Crippen LogP contribution in [-0.2, 0) is 25.6 Å². The third-order valence-electron chi connectivity index (χ3n) is 4.55. The summed E-state index contributed by atoms with van der Waals surface area (Å²) in [6, 6.07) is 6.48. The number of amides is 3. The Morgan fingerprint density at radius 3 is 2.36 bits per heavy atom. The number of rotatable bonds is 9. The van der Waals surface area contributed by atoms with Gasteiger partial charge in [0.1, 0.15) is 18.1 Å². The Morgan fingerprint density at radius 1 is 1.14 bits per heavy atom. The number of benzene rings is 1. The van der Waals surface area contributed by atoms with Gasteiger partial charge in [0.25, 0.3) is 0 Å². The molecular weight excluding hydrogens is 362 g/mol. The van der Waals surface area contributed by atoms with Gasteiger partial charge in [-0.2, -0.15) is 0 Å². The first kappa shape index (κ1) is 21.4. The summed E-state index contributed by atoms with van der Waals surface area (Å²) >= 11 is 0. The van der Waals surface area contributed by atoms with Crippen LogP contribution in [0, 0.1) is 5.92 Å². The molecule has 1 fully saturated rings. The maximum atomic E-state index is 12.8. The van der Waals surface area contributed by atoms with E-state index >= 15 is 0 Å². The van der Waals surface area contributed by atoms with Crippen LogP contribution in [0.3, 0.4) is 0 Å². The van der Waals surface area contributed by atoms with Crippen molar-refractivity contribution in [2.75, 3.05) is 0 Å². The third-order valence-corrected chi connectivity index (χ3v) is 4.55. The zero-order chi connectivity index (χ0) is 20.7. The lowest BCUT2D eigenvalue weighted by atomic mass is 10.0. The molecule has 28 heavy (non-hydrogen) atoms. The Hall–Kier alpha value is -2.90. The van der Waals surface area contributed by atoms with Gasteiger partial charge < -0.3 is 21.1 Å². The number of carboxylic acid groups (broad SMARTS) is 1. The molecule has 0 aliphatic carbocycles. The number of hydrogen-bond acceptors (Lipinski definition) is 4. The lowest BCUT2D eigenvalue weighted by molar-refractivity contribution is -0.142. The van der Waals surface area contributed by atoms with Crippen LogP contribution in [0.15, 0.2) is 30.3 Å². The minimum absolute atomic E-state index is 0.0808. The van der Waals surface area contributed by atoms with Crippen LogP contribution in [0.25, 0.3) is 0 Å². The predicted molar refractivity (Wildman–Crippen MR) is 102 cm³/mol. The molecule has 152 valence electrons. The van der Waals surface area contributed by atoms with Gasteiger partial charge in [-0.25, -0.2) is 4.79 Å². The summed E-state index contributed by atoms with van der Waals surface area (Å²) in [7, 11) is 0. The molecule has 3 amide bonds. The Balaban J connectivity index is 2.11. The predicted octanol–water partition coefficient (Wildman–Crippen LogP) is 0.608. The van der Waals surface area contributed by atoms with E-state index in [4.69, 9.17) is 0 Å². The van der Waals surface area contributed by atoms with Crippen molar-refractivity contribution in [3.63, 3.8) is 0 Å². The molecule has 0 bridgehead atoms. The highest BCUT2D eigenvalue weighted by Gasteiger charge is 2.32. The Kier molecular flexibility index (Phi) is 7.54. The molecule has 1 aliphatic rings. The largest absolute Gasteiger partial charge is 0.480 e. The minimum atomic E-state index is -1.12. The van der Waals surface area contributed by atoms with Crippen LogP contribution in [0.5, 0.6) is 0 Å². The van der Waals surface area contributed by atoms with Crippen LogP contribution in [0.1, 0.15) is 38.7 Å². The average molecular weight is 389 g/mol. The zero-order valence-electron chi connectivity index (χ0n) is 16.1. The van der Waals surface area contributed by atoms with Crippen LogP contribution in [0.4, 0.5) is 0 Å². The molecule has 1 aromatic carbocycles. The molecule has 1 heterocycles. The van der Waals surface area contributed by atoms with E-state index in [1.165, 1.54) is 0 Å². The maximum absolute atomic E-state index is 12.8. The Bertz CT molecular complexity index is 720. The van der Waals surface area contributed by atoms with Crippen LogP contribution < -0.4 is 16.0 Å². The smallest absolute Gasteiger partial charge is 0.326 e. The van der Waals surface area contributed by atoms with Crippen molar-refractivity contribution in [1.82, 2.24) is 16.0 Å². The van der Waals surface area contributed by atoms with Crippen LogP contribution in [0.2, 0.25) is 0 Å². The van der Waals surface area contributed by atoms with Gasteiger partial charge in [0.2, 0.25) is 17.7 Å². The first-order valence-corrected chi connectivity index (χ1v) is 9.43. The van der Waals surface area contributed by atoms with E-state index in [1.54, 1.807) is 0 Å². The molecule has 0 radical (unpaired) electrons. The quantitative estimate of drug-likeness (QED) is 0.492. The van der Waals surface area contributed by atoms with Crippen molar-refractivity contribution in [3.8, 4) is 0 Å². The van der Waals surface area contributed by atoms with Gasteiger partial charge in [0.05, 0.1) is 0 Å². The molecule has 1 saturated heterocycles. The molecule has 0 aromatic heterocycles. The molecule has 3 atom stereocenters. The minimum Gasteiger partial charge on any atom is -0.480 e. The van der Waals surface area contributed by atoms with Gasteiger partial charge in [-0.15, -0.1) is 0 Å². The molecule has 0 spiro atoms. The summed E-state index contributed by atoms with van der Waals surface area (Å²) in [6.45, 7) is 3.74. The van der Waals surface area contributed by atoms with E-state index in [-0.39, 0.29) is 31.1 Å². The topological polar surface area (TPSA) is 125 Å². The SMILES string of the molecule is CC(C)CC(NC(=O)C(Cc1ccccc1)NC(=O)C1CCC(=O)N1)C(=O)O. The Morgan fingerprint density at radius 2 is 1.82 bits per heavy atom. The standard InChI is InChI=1S/C20H27N3O5/c1-12(2)10-16(20(27)28)23-19(26)15(11-13-6-4-3-5-7-13)22-18(25)14-8-9-17(24)21-14/h3-7,12,14-16H,8-11H2,1-2H3,(H,21,24)(H,22,25)(H,23,26)(H,27,28). The summed E-state index contributed by atoms with van der Waals surface area (Å²) < 4.78 is 0. The van der Waals surface area contributed by atoms with Crippen molar-refractivity contribution in [2.24, 2.45) is 5.92 Å². The second-order valence-corrected chi connectivity index (χ2v) is 7.44. The molecule has 0 saturated carbocycles. The first-order chi connectivity index (χ1) is 13.3. The lowest BCUT2D eigenvalue weighted by Gasteiger charge is -2.23. The summed E-state index contributed by atoms with van der Waals surface area (Å²) in [5.41, 5.74) is 0.828. The summed E-state index contributed by atoms with van der Waals surface area (Å²) in [5, 5.41) is 17.1. The number of carboxylic acids is 1. The summed E-state index contributed by atoms with van der Waals surface area (Å²) in [4.78, 5) is 48.1. The fraction of sp³-hybridized carbons (Fsp3) is 0.500. The van der Waals surface area contributed by atoms with Crippen LogP contribution >= 0.6 is 0 Å². The molecule has 1 aliphatic heterocycles. The fourth-order valence-corrected chi connectivity index (χ4v) is 3.11. The van der Waals surface area contributed by atoms with Gasteiger partial charge in [-0.1, -0.05) is 44.2 Å². The number of carbonyl (C=O) groups is 4. The monoisotopic (exact) mass is 389 g/mol. The van der Waals surface area contributed by atoms with Crippen molar-refractivity contribution in [3.05, 3.63) is 35.9 Å². The van der Waals surface area contributed by atoms with Crippen molar-refractivity contribution in [1.29, 1.82) is 0 Å². The highest BCUT2D eigenvalue weighted by atomic mass is 16.4. The van der Waals surface area contributed by atoms with Gasteiger partial charge in [0, 0.05) is 12.8 Å². The second kappa shape index (κ2) is 9.87. The fourth-order valence-electron chi connectivity index (χ4n) is 3.11. The normalized spacial score (nSPS) is 18.2. The van der Waals surface area contributed by atoms with Gasteiger partial charge in [-0.05, 0) is 24.3 Å². The van der Waals surface area contributed by atoms with E-state index in [2.05, 4.69) is 16.0 Å². The first-order valence-electron chi connectivity index (χ1n) is 9.43. The maximum Gasteiger partial charge on any atom is 0.326 e. The van der Waals surface area contributed by atoms with Crippen molar-refractivity contribution >= 4 is 23.7 Å². The van der Waals surface area contributed by atoms with Gasteiger partial charge in [0.15, 0.2) is 0 Å². The average Bonchev–Trinajstić information content (AvgIpc) is 3.07. The summed E-state index contributed by atoms with van der Waals surface area (Å²) in [6.07, 6.45) is 1.14. The lowest BCUT2D eigenvalue weighted by Crippen LogP contribution is -2.55. The molecule has 2 rings (SSSR count). The number of carbonyl (C=O) groups excluding carboxylic acids is 3. The number of nitrogens with one attached hydrogen (secondary N) is 3. The molecule has 4 N–H and O–H groups in total. The Labute approximate surface area is 164 Å². The zero-order valence-corrected chi connectivity index (χ0v) is 16.1. The third kappa shape index (κ3) is 6.37. The number of aliphatic carboxylic acids is 1. The second-order valence-electron chi connectivity index (χ2n) is 7.44. The van der Waals surface area contributed by atoms with E-state index in [0.29, 0.717) is 6.42 Å². The molecule has 8 heteroatoms. The highest BCUT2D eigenvalue weighted by molar-refractivity contribution is 5.95. The van der Waals surface area contributed by atoms with Gasteiger partial charge >= 0.3 is 5.97 Å². The van der Waals surface area contributed by atoms with Crippen LogP contribution in [-0.4, -0.2) is 46.9 Å². The van der Waals surface area contributed by atoms with Crippen molar-refractivity contribution < 1.29 is 24.3 Å². The molecule has 8 nitrogen and oxygen atoms in total. The number of hydrogen-bond donors (Lipinski definition) is 4. The van der Waals surface area contributed by atoms with Gasteiger partial charge in [-0.3, -0.25) is 14.4 Å². The van der Waals surface area contributed by atoms with Crippen molar-refractivity contribution in [2.45, 2.75) is 57.7 Å². The van der Waals surface area contributed by atoms with E-state index in [0.717, 1.165) is 5.56 Å².